The summed E-state index contributed by atoms with van der Waals surface area (Å²) in [7, 11) is 0. The Morgan fingerprint density at radius 3 is 2.28 bits per heavy atom. The molecule has 1 heterocycles. The smallest absolute Gasteiger partial charge is 0.251 e. The van der Waals surface area contributed by atoms with E-state index in [0.717, 1.165) is 24.2 Å². The summed E-state index contributed by atoms with van der Waals surface area (Å²) in [5.74, 6) is 0.452. The van der Waals surface area contributed by atoms with Crippen LogP contribution in [0.4, 0.5) is 0 Å². The predicted octanol–water partition coefficient (Wildman–Crippen LogP) is 3.23. The molecule has 6 nitrogen and oxygen atoms in total. The highest BCUT2D eigenvalue weighted by molar-refractivity contribution is 6.01. The van der Waals surface area contributed by atoms with Crippen LogP contribution in [0.1, 0.15) is 47.2 Å². The molecule has 0 bridgehead atoms. The van der Waals surface area contributed by atoms with E-state index in [1.165, 1.54) is 10.5 Å². The SMILES string of the molecule is Cc1ccc(OCCCCNC(=O)c2ccc(CN3C(=O)CCC3=O)cc2)cc1. The molecule has 0 radical (unpaired) electrons. The minimum Gasteiger partial charge on any atom is -0.494 e. The van der Waals surface area contributed by atoms with Crippen molar-refractivity contribution >= 4 is 17.7 Å². The van der Waals surface area contributed by atoms with Gasteiger partial charge in [-0.15, -0.1) is 0 Å². The van der Waals surface area contributed by atoms with Crippen molar-refractivity contribution in [1.82, 2.24) is 10.2 Å². The summed E-state index contributed by atoms with van der Waals surface area (Å²) in [4.78, 5) is 36.9. The molecule has 1 aliphatic heterocycles. The van der Waals surface area contributed by atoms with Gasteiger partial charge in [0.15, 0.2) is 0 Å². The fraction of sp³-hybridized carbons (Fsp3) is 0.348. The fourth-order valence-corrected chi connectivity index (χ4v) is 3.10. The molecule has 1 fully saturated rings. The van der Waals surface area contributed by atoms with E-state index in [0.29, 0.717) is 18.7 Å². The van der Waals surface area contributed by atoms with Crippen LogP contribution >= 0.6 is 0 Å². The van der Waals surface area contributed by atoms with Gasteiger partial charge in [-0.25, -0.2) is 0 Å². The maximum atomic E-state index is 12.2. The van der Waals surface area contributed by atoms with E-state index >= 15 is 0 Å². The molecular weight excluding hydrogens is 368 g/mol. The molecule has 0 atom stereocenters. The lowest BCUT2D eigenvalue weighted by Gasteiger charge is -2.14. The number of amides is 3. The Bertz CT molecular complexity index is 843. The molecule has 1 saturated heterocycles. The zero-order valence-electron chi connectivity index (χ0n) is 16.6. The molecule has 2 aromatic carbocycles. The number of carbonyl (C=O) groups excluding carboxylic acids is 3. The normalized spacial score (nSPS) is 13.6. The highest BCUT2D eigenvalue weighted by Crippen LogP contribution is 2.16. The molecule has 152 valence electrons. The van der Waals surface area contributed by atoms with Gasteiger partial charge in [0.1, 0.15) is 5.75 Å². The molecule has 3 rings (SSSR count). The third-order valence-corrected chi connectivity index (χ3v) is 4.86. The van der Waals surface area contributed by atoms with Crippen molar-refractivity contribution < 1.29 is 19.1 Å². The van der Waals surface area contributed by atoms with Crippen molar-refractivity contribution in [3.8, 4) is 5.75 Å². The van der Waals surface area contributed by atoms with Crippen molar-refractivity contribution in [2.45, 2.75) is 39.2 Å². The topological polar surface area (TPSA) is 75.7 Å². The van der Waals surface area contributed by atoms with Crippen LogP contribution in [0.3, 0.4) is 0 Å². The average molecular weight is 394 g/mol. The van der Waals surface area contributed by atoms with Gasteiger partial charge in [-0.3, -0.25) is 19.3 Å². The Morgan fingerprint density at radius 1 is 0.966 bits per heavy atom. The number of hydrogen-bond donors (Lipinski definition) is 1. The van der Waals surface area contributed by atoms with Gasteiger partial charge in [-0.2, -0.15) is 0 Å². The summed E-state index contributed by atoms with van der Waals surface area (Å²) in [6, 6.07) is 14.9. The van der Waals surface area contributed by atoms with E-state index < -0.39 is 0 Å². The number of aryl methyl sites for hydroxylation is 1. The quantitative estimate of drug-likeness (QED) is 0.523. The van der Waals surface area contributed by atoms with E-state index in [9.17, 15) is 14.4 Å². The van der Waals surface area contributed by atoms with E-state index in [1.807, 2.05) is 31.2 Å². The molecule has 0 aliphatic carbocycles. The number of unbranched alkanes of at least 4 members (excludes halogenated alkanes) is 1. The van der Waals surface area contributed by atoms with E-state index in [1.54, 1.807) is 24.3 Å². The number of likely N-dealkylation sites (tertiary alicyclic amines) is 1. The van der Waals surface area contributed by atoms with Crippen LogP contribution < -0.4 is 10.1 Å². The lowest BCUT2D eigenvalue weighted by atomic mass is 10.1. The Kier molecular flexibility index (Phi) is 7.00. The molecule has 0 unspecified atom stereocenters. The Balaban J connectivity index is 1.35. The van der Waals surface area contributed by atoms with Crippen LogP contribution in [0.2, 0.25) is 0 Å². The maximum Gasteiger partial charge on any atom is 0.251 e. The predicted molar refractivity (Wildman–Crippen MR) is 109 cm³/mol. The van der Waals surface area contributed by atoms with Crippen LogP contribution in [-0.2, 0) is 16.1 Å². The van der Waals surface area contributed by atoms with Gasteiger partial charge >= 0.3 is 0 Å². The Morgan fingerprint density at radius 2 is 1.62 bits per heavy atom. The minimum absolute atomic E-state index is 0.135. The number of imide groups is 1. The molecule has 2 aromatic rings. The van der Waals surface area contributed by atoms with Gasteiger partial charge in [0.2, 0.25) is 11.8 Å². The maximum absolute atomic E-state index is 12.2. The fourth-order valence-electron chi connectivity index (χ4n) is 3.10. The largest absolute Gasteiger partial charge is 0.494 e. The molecule has 6 heteroatoms. The lowest BCUT2D eigenvalue weighted by Crippen LogP contribution is -2.28. The molecular formula is C23H26N2O4. The van der Waals surface area contributed by atoms with Crippen LogP contribution in [0.25, 0.3) is 0 Å². The molecule has 0 aromatic heterocycles. The number of benzene rings is 2. The van der Waals surface area contributed by atoms with Crippen molar-refractivity contribution in [1.29, 1.82) is 0 Å². The molecule has 0 spiro atoms. The zero-order chi connectivity index (χ0) is 20.6. The lowest BCUT2D eigenvalue weighted by molar-refractivity contribution is -0.139. The highest BCUT2D eigenvalue weighted by atomic mass is 16.5. The monoisotopic (exact) mass is 394 g/mol. The number of nitrogens with zero attached hydrogens (tertiary/aromatic N) is 1. The van der Waals surface area contributed by atoms with Gasteiger partial charge in [0.25, 0.3) is 5.91 Å². The minimum atomic E-state index is -0.136. The number of nitrogens with one attached hydrogen (secondary N) is 1. The highest BCUT2D eigenvalue weighted by Gasteiger charge is 2.28. The third kappa shape index (κ3) is 5.91. The van der Waals surface area contributed by atoms with Crippen LogP contribution in [0.5, 0.6) is 5.75 Å². The number of hydrogen-bond acceptors (Lipinski definition) is 4. The van der Waals surface area contributed by atoms with Crippen LogP contribution in [0.15, 0.2) is 48.5 Å². The molecule has 1 aliphatic rings. The third-order valence-electron chi connectivity index (χ3n) is 4.86. The van der Waals surface area contributed by atoms with E-state index in [4.69, 9.17) is 4.74 Å². The number of ether oxygens (including phenoxy) is 1. The zero-order valence-corrected chi connectivity index (χ0v) is 16.6. The van der Waals surface area contributed by atoms with E-state index in [-0.39, 0.29) is 37.1 Å². The van der Waals surface area contributed by atoms with Crippen molar-refractivity contribution in [2.24, 2.45) is 0 Å². The second-order valence-electron chi connectivity index (χ2n) is 7.20. The summed E-state index contributed by atoms with van der Waals surface area (Å²) in [6.07, 6.45) is 2.25. The van der Waals surface area contributed by atoms with Crippen molar-refractivity contribution in [3.63, 3.8) is 0 Å². The van der Waals surface area contributed by atoms with Gasteiger partial charge < -0.3 is 10.1 Å². The van der Waals surface area contributed by atoms with Crippen LogP contribution in [-0.4, -0.2) is 35.8 Å². The van der Waals surface area contributed by atoms with Crippen LogP contribution in [0, 0.1) is 6.92 Å². The molecule has 0 saturated carbocycles. The van der Waals surface area contributed by atoms with E-state index in [2.05, 4.69) is 5.32 Å². The standard InChI is InChI=1S/C23H26N2O4/c1-17-4-10-20(11-5-17)29-15-3-2-14-24-23(28)19-8-6-18(7-9-19)16-25-21(26)12-13-22(25)27/h4-11H,2-3,12-16H2,1H3,(H,24,28). The first kappa shape index (κ1) is 20.6. The summed E-state index contributed by atoms with van der Waals surface area (Å²) in [6.45, 7) is 3.49. The first-order chi connectivity index (χ1) is 14.0. The van der Waals surface area contributed by atoms with Gasteiger partial charge in [0.05, 0.1) is 13.2 Å². The Labute approximate surface area is 170 Å². The van der Waals surface area contributed by atoms with Crippen molar-refractivity contribution in [3.05, 3.63) is 65.2 Å². The number of rotatable bonds is 9. The first-order valence-corrected chi connectivity index (χ1v) is 9.93. The second kappa shape index (κ2) is 9.87. The molecule has 3 amide bonds. The Hall–Kier alpha value is -3.15. The van der Waals surface area contributed by atoms with Gasteiger partial charge in [-0.05, 0) is 49.6 Å². The second-order valence-corrected chi connectivity index (χ2v) is 7.20. The summed E-state index contributed by atoms with van der Waals surface area (Å²) in [5.41, 5.74) is 2.59. The van der Waals surface area contributed by atoms with Gasteiger partial charge in [0, 0.05) is 24.9 Å². The molecule has 1 N–H and O–H groups in total. The van der Waals surface area contributed by atoms with Crippen molar-refractivity contribution in [2.75, 3.05) is 13.2 Å². The summed E-state index contributed by atoms with van der Waals surface area (Å²) >= 11 is 0. The summed E-state index contributed by atoms with van der Waals surface area (Å²) < 4.78 is 5.67. The summed E-state index contributed by atoms with van der Waals surface area (Å²) in [5, 5.41) is 2.90. The first-order valence-electron chi connectivity index (χ1n) is 9.93. The average Bonchev–Trinajstić information content (AvgIpc) is 3.04. The molecule has 29 heavy (non-hydrogen) atoms. The number of carbonyl (C=O) groups is 3. The van der Waals surface area contributed by atoms with Gasteiger partial charge in [-0.1, -0.05) is 29.8 Å².